The lowest BCUT2D eigenvalue weighted by Gasteiger charge is -2.38. The van der Waals surface area contributed by atoms with Crippen molar-refractivity contribution in [2.45, 2.75) is 37.7 Å². The number of H-pyrrole nitrogens is 1. The van der Waals surface area contributed by atoms with Crippen molar-refractivity contribution >= 4 is 22.8 Å². The monoisotopic (exact) mass is 344 g/mol. The van der Waals surface area contributed by atoms with Crippen LogP contribution in [-0.2, 0) is 16.0 Å². The third-order valence-electron chi connectivity index (χ3n) is 4.69. The Morgan fingerprint density at radius 2 is 2.20 bits per heavy atom. The van der Waals surface area contributed by atoms with Crippen LogP contribution < -0.4 is 5.32 Å². The van der Waals surface area contributed by atoms with Gasteiger partial charge in [-0.2, -0.15) is 0 Å². The molecule has 0 aliphatic carbocycles. The second kappa shape index (κ2) is 7.23. The van der Waals surface area contributed by atoms with Gasteiger partial charge in [0.2, 0.25) is 11.8 Å². The van der Waals surface area contributed by atoms with Gasteiger partial charge in [0.15, 0.2) is 0 Å². The lowest BCUT2D eigenvalue weighted by Crippen LogP contribution is -2.52. The highest BCUT2D eigenvalue weighted by Crippen LogP contribution is 2.25. The molecule has 1 aromatic heterocycles. The number of nitrogens with one attached hydrogen (secondary N) is 2. The Labute approximate surface area is 146 Å². The molecule has 0 saturated carbocycles. The molecule has 2 amide bonds. The number of para-hydroxylation sites is 2. The zero-order chi connectivity index (χ0) is 17.9. The number of aryl methyl sites for hydroxylation is 1. The minimum Gasteiger partial charge on any atom is -0.388 e. The minimum atomic E-state index is -1.13. The highest BCUT2D eigenvalue weighted by atomic mass is 16.3. The van der Waals surface area contributed by atoms with Gasteiger partial charge in [-0.3, -0.25) is 9.59 Å². The highest BCUT2D eigenvalue weighted by Gasteiger charge is 2.36. The maximum atomic E-state index is 12.5. The Bertz CT molecular complexity index is 740. The summed E-state index contributed by atoms with van der Waals surface area (Å²) in [5.74, 6) is 0.557. The first kappa shape index (κ1) is 17.4. The van der Waals surface area contributed by atoms with Crippen LogP contribution in [0.1, 0.15) is 31.5 Å². The van der Waals surface area contributed by atoms with Crippen LogP contribution in [0.15, 0.2) is 24.3 Å². The molecule has 1 saturated heterocycles. The first-order chi connectivity index (χ1) is 12.0. The van der Waals surface area contributed by atoms with Gasteiger partial charge in [0.05, 0.1) is 23.1 Å². The Kier molecular flexibility index (Phi) is 5.03. The summed E-state index contributed by atoms with van der Waals surface area (Å²) in [6.45, 7) is 0.828. The van der Waals surface area contributed by atoms with Gasteiger partial charge in [0.1, 0.15) is 5.82 Å². The Morgan fingerprint density at radius 1 is 1.40 bits per heavy atom. The summed E-state index contributed by atoms with van der Waals surface area (Å²) < 4.78 is 0. The fourth-order valence-electron chi connectivity index (χ4n) is 3.36. The number of nitrogens with zero attached hydrogens (tertiary/aromatic N) is 2. The maximum absolute atomic E-state index is 12.5. The average molecular weight is 344 g/mol. The number of β-amino-alcohol motifs (C(OH)–C–C–N with tert-alkyl or cyclic N) is 1. The number of likely N-dealkylation sites (tertiary alicyclic amines) is 1. The Balaban J connectivity index is 1.57. The molecular weight excluding hydrogens is 320 g/mol. The van der Waals surface area contributed by atoms with E-state index in [9.17, 15) is 14.7 Å². The number of aromatic amines is 1. The molecule has 0 radical (unpaired) electrons. The normalized spacial score (nSPS) is 20.6. The van der Waals surface area contributed by atoms with Crippen LogP contribution in [0.4, 0.5) is 0 Å². The third kappa shape index (κ3) is 4.17. The van der Waals surface area contributed by atoms with Crippen molar-refractivity contribution in [3.05, 3.63) is 30.1 Å². The summed E-state index contributed by atoms with van der Waals surface area (Å²) in [6, 6.07) is 7.76. The van der Waals surface area contributed by atoms with Crippen molar-refractivity contribution in [2.24, 2.45) is 0 Å². The zero-order valence-corrected chi connectivity index (χ0v) is 14.4. The van der Waals surface area contributed by atoms with E-state index in [0.717, 1.165) is 16.9 Å². The molecule has 0 bridgehead atoms. The number of imidazole rings is 1. The van der Waals surface area contributed by atoms with Crippen molar-refractivity contribution in [1.82, 2.24) is 20.2 Å². The smallest absolute Gasteiger partial charge is 0.223 e. The molecule has 1 aliphatic rings. The van der Waals surface area contributed by atoms with Crippen LogP contribution in [0.2, 0.25) is 0 Å². The van der Waals surface area contributed by atoms with Gasteiger partial charge < -0.3 is 20.3 Å². The molecule has 1 aliphatic heterocycles. The molecular formula is C18H24N4O3. The minimum absolute atomic E-state index is 0.0181. The molecule has 3 N–H and O–H groups in total. The Hall–Kier alpha value is -2.41. The second-order valence-corrected chi connectivity index (χ2v) is 6.69. The van der Waals surface area contributed by atoms with Gasteiger partial charge in [-0.05, 0) is 25.0 Å². The van der Waals surface area contributed by atoms with Gasteiger partial charge in [0.25, 0.3) is 0 Å². The van der Waals surface area contributed by atoms with Gasteiger partial charge in [0, 0.05) is 33.0 Å². The summed E-state index contributed by atoms with van der Waals surface area (Å²) in [5.41, 5.74) is 0.721. The number of hydrogen-bond donors (Lipinski definition) is 3. The molecule has 7 heteroatoms. The maximum Gasteiger partial charge on any atom is 0.223 e. The number of rotatable bonds is 5. The molecule has 7 nitrogen and oxygen atoms in total. The summed E-state index contributed by atoms with van der Waals surface area (Å²) >= 11 is 0. The fourth-order valence-corrected chi connectivity index (χ4v) is 3.36. The molecule has 2 aromatic rings. The van der Waals surface area contributed by atoms with Crippen molar-refractivity contribution in [3.63, 3.8) is 0 Å². The van der Waals surface area contributed by atoms with E-state index >= 15 is 0 Å². The molecule has 25 heavy (non-hydrogen) atoms. The van der Waals surface area contributed by atoms with Gasteiger partial charge in [-0.1, -0.05) is 12.1 Å². The quantitative estimate of drug-likeness (QED) is 0.753. The third-order valence-corrected chi connectivity index (χ3v) is 4.69. The molecule has 2 heterocycles. The number of aliphatic hydroxyl groups is 1. The molecule has 1 aromatic carbocycles. The lowest BCUT2D eigenvalue weighted by atomic mass is 9.89. The number of aromatic nitrogens is 2. The predicted octanol–water partition coefficient (Wildman–Crippen LogP) is 0.985. The number of amides is 2. The summed E-state index contributed by atoms with van der Waals surface area (Å²) in [7, 11) is 1.55. The van der Waals surface area contributed by atoms with Gasteiger partial charge in [-0.15, -0.1) is 0 Å². The number of carbonyl (C=O) groups is 2. The molecule has 1 fully saturated rings. The van der Waals surface area contributed by atoms with Crippen molar-refractivity contribution in [1.29, 1.82) is 0 Å². The SMILES string of the molecule is CNC(=O)CC1(O)CCCN(C(=O)CCc2nc3ccccc3[nH]2)C1. The van der Waals surface area contributed by atoms with E-state index in [1.54, 1.807) is 11.9 Å². The van der Waals surface area contributed by atoms with E-state index in [0.29, 0.717) is 32.2 Å². The summed E-state index contributed by atoms with van der Waals surface area (Å²) in [6.07, 6.45) is 2.11. The predicted molar refractivity (Wildman–Crippen MR) is 93.9 cm³/mol. The van der Waals surface area contributed by atoms with E-state index in [1.165, 1.54) is 0 Å². The number of hydrogen-bond acceptors (Lipinski definition) is 4. The molecule has 0 spiro atoms. The second-order valence-electron chi connectivity index (χ2n) is 6.69. The topological polar surface area (TPSA) is 98.3 Å². The van der Waals surface area contributed by atoms with Crippen molar-refractivity contribution in [2.75, 3.05) is 20.1 Å². The number of piperidine rings is 1. The number of benzene rings is 1. The first-order valence-corrected chi connectivity index (χ1v) is 8.63. The number of carbonyl (C=O) groups excluding carboxylic acids is 2. The Morgan fingerprint density at radius 3 is 2.96 bits per heavy atom. The summed E-state index contributed by atoms with van der Waals surface area (Å²) in [5, 5.41) is 13.1. The molecule has 134 valence electrons. The average Bonchev–Trinajstić information content (AvgIpc) is 3.02. The lowest BCUT2D eigenvalue weighted by molar-refractivity contribution is -0.142. The van der Waals surface area contributed by atoms with Crippen molar-refractivity contribution in [3.8, 4) is 0 Å². The van der Waals surface area contributed by atoms with E-state index in [4.69, 9.17) is 0 Å². The highest BCUT2D eigenvalue weighted by molar-refractivity contribution is 5.79. The largest absolute Gasteiger partial charge is 0.388 e. The molecule has 1 unspecified atom stereocenters. The van der Waals surface area contributed by atoms with Crippen LogP contribution in [0.25, 0.3) is 11.0 Å². The van der Waals surface area contributed by atoms with Gasteiger partial charge >= 0.3 is 0 Å². The van der Waals surface area contributed by atoms with Crippen LogP contribution in [-0.4, -0.2) is 57.5 Å². The van der Waals surface area contributed by atoms with E-state index in [2.05, 4.69) is 15.3 Å². The molecule has 1 atom stereocenters. The van der Waals surface area contributed by atoms with E-state index in [-0.39, 0.29) is 24.8 Å². The molecule has 3 rings (SSSR count). The first-order valence-electron chi connectivity index (χ1n) is 8.63. The zero-order valence-electron chi connectivity index (χ0n) is 14.4. The fraction of sp³-hybridized carbons (Fsp3) is 0.500. The van der Waals surface area contributed by atoms with Crippen LogP contribution >= 0.6 is 0 Å². The van der Waals surface area contributed by atoms with Crippen LogP contribution in [0, 0.1) is 0 Å². The summed E-state index contributed by atoms with van der Waals surface area (Å²) in [4.78, 5) is 33.4. The van der Waals surface area contributed by atoms with E-state index in [1.807, 2.05) is 24.3 Å². The number of fused-ring (bicyclic) bond motifs is 1. The standard InChI is InChI=1S/C18H24N4O3/c1-19-16(23)11-18(25)9-4-10-22(12-18)17(24)8-7-15-20-13-5-2-3-6-14(13)21-15/h2-3,5-6,25H,4,7-12H2,1H3,(H,19,23)(H,20,21). The van der Waals surface area contributed by atoms with Gasteiger partial charge in [-0.25, -0.2) is 4.98 Å². The van der Waals surface area contributed by atoms with E-state index < -0.39 is 5.60 Å². The van der Waals surface area contributed by atoms with Crippen molar-refractivity contribution < 1.29 is 14.7 Å². The van der Waals surface area contributed by atoms with Crippen LogP contribution in [0.5, 0.6) is 0 Å². The van der Waals surface area contributed by atoms with Crippen LogP contribution in [0.3, 0.4) is 0 Å².